The zero-order chi connectivity index (χ0) is 11.7. The number of nitrogens with zero attached hydrogens (tertiary/aromatic N) is 1. The standard InChI is InChI=1S/C14H22N2S/c1-15-10-11-4-2-8-16(12-6-7-12)14(11)13-5-3-9-17-13/h3,5,9,11-12,14-15H,2,4,6-8,10H2,1H3. The highest BCUT2D eigenvalue weighted by Crippen LogP contribution is 2.43. The Bertz CT molecular complexity index is 343. The van der Waals surface area contributed by atoms with Gasteiger partial charge in [0.1, 0.15) is 0 Å². The molecule has 2 nitrogen and oxygen atoms in total. The summed E-state index contributed by atoms with van der Waals surface area (Å²) in [5.74, 6) is 0.799. The predicted octanol–water partition coefficient (Wildman–Crippen LogP) is 2.88. The maximum Gasteiger partial charge on any atom is 0.0484 e. The van der Waals surface area contributed by atoms with Crippen molar-refractivity contribution in [1.29, 1.82) is 0 Å². The number of thiophene rings is 1. The Morgan fingerprint density at radius 2 is 2.29 bits per heavy atom. The highest BCUT2D eigenvalue weighted by molar-refractivity contribution is 7.10. The molecule has 0 spiro atoms. The van der Waals surface area contributed by atoms with Gasteiger partial charge in [-0.1, -0.05) is 6.07 Å². The van der Waals surface area contributed by atoms with Crippen LogP contribution in [0.1, 0.15) is 36.6 Å². The summed E-state index contributed by atoms with van der Waals surface area (Å²) in [6, 6.07) is 6.11. The van der Waals surface area contributed by atoms with E-state index in [-0.39, 0.29) is 0 Å². The molecule has 1 saturated carbocycles. The molecule has 2 atom stereocenters. The second kappa shape index (κ2) is 5.09. The van der Waals surface area contributed by atoms with Crippen molar-refractivity contribution in [2.24, 2.45) is 5.92 Å². The lowest BCUT2D eigenvalue weighted by atomic mass is 9.87. The molecule has 2 unspecified atom stereocenters. The molecular weight excluding hydrogens is 228 g/mol. The molecule has 1 aromatic rings. The molecule has 2 aliphatic rings. The van der Waals surface area contributed by atoms with Crippen LogP contribution >= 0.6 is 11.3 Å². The molecule has 0 aromatic carbocycles. The van der Waals surface area contributed by atoms with Crippen molar-refractivity contribution in [3.05, 3.63) is 22.4 Å². The fraction of sp³-hybridized carbons (Fsp3) is 0.714. The van der Waals surface area contributed by atoms with Crippen molar-refractivity contribution in [3.8, 4) is 0 Å². The molecule has 1 N–H and O–H groups in total. The Labute approximate surface area is 108 Å². The van der Waals surface area contributed by atoms with Crippen LogP contribution in [0.15, 0.2) is 17.5 Å². The molecule has 0 radical (unpaired) electrons. The van der Waals surface area contributed by atoms with Crippen LogP contribution in [0.5, 0.6) is 0 Å². The lowest BCUT2D eigenvalue weighted by Gasteiger charge is -2.41. The van der Waals surface area contributed by atoms with Gasteiger partial charge in [-0.25, -0.2) is 0 Å². The normalized spacial score (nSPS) is 30.6. The SMILES string of the molecule is CNCC1CCCN(C2CC2)C1c1cccs1. The number of nitrogens with one attached hydrogen (secondary N) is 1. The van der Waals surface area contributed by atoms with Crippen LogP contribution in [0.2, 0.25) is 0 Å². The molecular formula is C14H22N2S. The molecule has 3 rings (SSSR count). The molecule has 2 fully saturated rings. The molecule has 1 aromatic heterocycles. The Morgan fingerprint density at radius 1 is 1.41 bits per heavy atom. The summed E-state index contributed by atoms with van der Waals surface area (Å²) >= 11 is 1.94. The van der Waals surface area contributed by atoms with Gasteiger partial charge in [0.15, 0.2) is 0 Å². The van der Waals surface area contributed by atoms with E-state index in [4.69, 9.17) is 0 Å². The van der Waals surface area contributed by atoms with Crippen LogP contribution in [0.4, 0.5) is 0 Å². The van der Waals surface area contributed by atoms with E-state index in [2.05, 4.69) is 34.8 Å². The molecule has 1 aliphatic heterocycles. The third kappa shape index (κ3) is 2.42. The molecule has 17 heavy (non-hydrogen) atoms. The van der Waals surface area contributed by atoms with Gasteiger partial charge in [0.05, 0.1) is 0 Å². The first kappa shape index (κ1) is 11.7. The zero-order valence-electron chi connectivity index (χ0n) is 10.6. The Hall–Kier alpha value is -0.380. The van der Waals surface area contributed by atoms with E-state index in [1.807, 2.05) is 11.3 Å². The minimum absolute atomic E-state index is 0.684. The Balaban J connectivity index is 1.83. The van der Waals surface area contributed by atoms with E-state index in [1.54, 1.807) is 4.88 Å². The predicted molar refractivity (Wildman–Crippen MR) is 73.4 cm³/mol. The van der Waals surface area contributed by atoms with Gasteiger partial charge < -0.3 is 5.32 Å². The van der Waals surface area contributed by atoms with E-state index in [9.17, 15) is 0 Å². The molecule has 3 heteroatoms. The lowest BCUT2D eigenvalue weighted by Crippen LogP contribution is -2.42. The van der Waals surface area contributed by atoms with E-state index >= 15 is 0 Å². The topological polar surface area (TPSA) is 15.3 Å². The van der Waals surface area contributed by atoms with Crippen LogP contribution in [-0.2, 0) is 0 Å². The summed E-state index contributed by atoms with van der Waals surface area (Å²) in [7, 11) is 2.08. The number of hydrogen-bond donors (Lipinski definition) is 1. The van der Waals surface area contributed by atoms with E-state index in [0.29, 0.717) is 6.04 Å². The molecule has 0 amide bonds. The first-order valence-corrected chi connectivity index (χ1v) is 7.72. The minimum atomic E-state index is 0.684. The average Bonchev–Trinajstić information content (AvgIpc) is 3.06. The second-order valence-corrected chi connectivity index (χ2v) is 6.37. The highest BCUT2D eigenvalue weighted by Gasteiger charge is 2.40. The van der Waals surface area contributed by atoms with Gasteiger partial charge in [-0.2, -0.15) is 0 Å². The summed E-state index contributed by atoms with van der Waals surface area (Å²) in [6.07, 6.45) is 5.61. The molecule has 0 bridgehead atoms. The van der Waals surface area contributed by atoms with E-state index in [0.717, 1.165) is 18.5 Å². The van der Waals surface area contributed by atoms with E-state index in [1.165, 1.54) is 32.2 Å². The fourth-order valence-corrected chi connectivity index (χ4v) is 4.19. The van der Waals surface area contributed by atoms with Crippen LogP contribution in [0, 0.1) is 5.92 Å². The summed E-state index contributed by atoms with van der Waals surface area (Å²) in [5.41, 5.74) is 0. The maximum atomic E-state index is 3.39. The summed E-state index contributed by atoms with van der Waals surface area (Å²) < 4.78 is 0. The average molecular weight is 250 g/mol. The molecule has 1 saturated heterocycles. The van der Waals surface area contributed by atoms with Crippen molar-refractivity contribution < 1.29 is 0 Å². The number of piperidine rings is 1. The number of hydrogen-bond acceptors (Lipinski definition) is 3. The lowest BCUT2D eigenvalue weighted by molar-refractivity contribution is 0.0869. The first-order valence-electron chi connectivity index (χ1n) is 6.84. The maximum absolute atomic E-state index is 3.39. The van der Waals surface area contributed by atoms with Gasteiger partial charge in [0, 0.05) is 17.0 Å². The van der Waals surface area contributed by atoms with Gasteiger partial charge in [-0.3, -0.25) is 4.90 Å². The monoisotopic (exact) mass is 250 g/mol. The number of likely N-dealkylation sites (tertiary alicyclic amines) is 1. The van der Waals surface area contributed by atoms with Crippen molar-refractivity contribution in [2.75, 3.05) is 20.1 Å². The van der Waals surface area contributed by atoms with Gasteiger partial charge in [-0.05, 0) is 63.2 Å². The van der Waals surface area contributed by atoms with Crippen LogP contribution < -0.4 is 5.32 Å². The molecule has 1 aliphatic carbocycles. The van der Waals surface area contributed by atoms with Gasteiger partial charge in [0.2, 0.25) is 0 Å². The van der Waals surface area contributed by atoms with E-state index < -0.39 is 0 Å². The largest absolute Gasteiger partial charge is 0.319 e. The van der Waals surface area contributed by atoms with Crippen molar-refractivity contribution in [2.45, 2.75) is 37.8 Å². The highest BCUT2D eigenvalue weighted by atomic mass is 32.1. The molecule has 2 heterocycles. The third-order valence-electron chi connectivity index (χ3n) is 4.11. The third-order valence-corrected chi connectivity index (χ3v) is 5.05. The van der Waals surface area contributed by atoms with Crippen molar-refractivity contribution >= 4 is 11.3 Å². The Kier molecular flexibility index (Phi) is 3.50. The zero-order valence-corrected chi connectivity index (χ0v) is 11.4. The van der Waals surface area contributed by atoms with Gasteiger partial charge in [0.25, 0.3) is 0 Å². The van der Waals surface area contributed by atoms with Crippen molar-refractivity contribution in [1.82, 2.24) is 10.2 Å². The van der Waals surface area contributed by atoms with Crippen molar-refractivity contribution in [3.63, 3.8) is 0 Å². The summed E-state index contributed by atoms with van der Waals surface area (Å²) in [4.78, 5) is 4.37. The quantitative estimate of drug-likeness (QED) is 0.884. The summed E-state index contributed by atoms with van der Waals surface area (Å²) in [6.45, 7) is 2.47. The van der Waals surface area contributed by atoms with Crippen LogP contribution in [-0.4, -0.2) is 31.1 Å². The second-order valence-electron chi connectivity index (χ2n) is 5.39. The minimum Gasteiger partial charge on any atom is -0.319 e. The number of rotatable bonds is 4. The smallest absolute Gasteiger partial charge is 0.0484 e. The van der Waals surface area contributed by atoms with Crippen LogP contribution in [0.3, 0.4) is 0 Å². The van der Waals surface area contributed by atoms with Gasteiger partial charge >= 0.3 is 0 Å². The molecule has 94 valence electrons. The summed E-state index contributed by atoms with van der Waals surface area (Å²) in [5, 5.41) is 5.61. The fourth-order valence-electron chi connectivity index (χ4n) is 3.25. The van der Waals surface area contributed by atoms with Crippen LogP contribution in [0.25, 0.3) is 0 Å². The van der Waals surface area contributed by atoms with Gasteiger partial charge in [-0.15, -0.1) is 11.3 Å². The Morgan fingerprint density at radius 3 is 2.94 bits per heavy atom. The first-order chi connectivity index (χ1) is 8.40.